The highest BCUT2D eigenvalue weighted by Gasteiger charge is 2.20. The molecule has 0 saturated carbocycles. The van der Waals surface area contributed by atoms with Gasteiger partial charge in [0.25, 0.3) is 0 Å². The van der Waals surface area contributed by atoms with E-state index in [9.17, 15) is 4.79 Å². The second-order valence-electron chi connectivity index (χ2n) is 5.32. The standard InChI is InChI=1S/C15H22ClN3O.ClH/c1-11-13(16)6-3-7-14(11)18-15(20)10-19-8-4-5-12(9-19)17-2;/h3,6-7,12,17H,4-5,8-10H2,1-2H3,(H,18,20);1H. The molecule has 2 rings (SSSR count). The maximum atomic E-state index is 12.1. The summed E-state index contributed by atoms with van der Waals surface area (Å²) in [6, 6.07) is 6.05. The van der Waals surface area contributed by atoms with Crippen LogP contribution in [0.2, 0.25) is 5.02 Å². The van der Waals surface area contributed by atoms with Crippen molar-refractivity contribution in [2.75, 3.05) is 32.0 Å². The molecular weight excluding hydrogens is 309 g/mol. The molecule has 1 atom stereocenters. The molecule has 1 saturated heterocycles. The predicted molar refractivity (Wildman–Crippen MR) is 90.6 cm³/mol. The van der Waals surface area contributed by atoms with Crippen LogP contribution in [-0.2, 0) is 4.79 Å². The Hall–Kier alpha value is -0.810. The summed E-state index contributed by atoms with van der Waals surface area (Å²) in [5.74, 6) is 0.0205. The summed E-state index contributed by atoms with van der Waals surface area (Å²) >= 11 is 6.06. The van der Waals surface area contributed by atoms with Gasteiger partial charge in [0.15, 0.2) is 0 Å². The molecule has 1 aromatic carbocycles. The summed E-state index contributed by atoms with van der Waals surface area (Å²) in [6.45, 7) is 4.26. The van der Waals surface area contributed by atoms with Gasteiger partial charge >= 0.3 is 0 Å². The Morgan fingerprint density at radius 1 is 1.48 bits per heavy atom. The van der Waals surface area contributed by atoms with Gasteiger partial charge in [-0.15, -0.1) is 12.4 Å². The van der Waals surface area contributed by atoms with Crippen molar-refractivity contribution in [3.8, 4) is 0 Å². The number of amides is 1. The molecule has 1 aliphatic heterocycles. The van der Waals surface area contributed by atoms with Gasteiger partial charge in [0, 0.05) is 23.3 Å². The van der Waals surface area contributed by atoms with Gasteiger partial charge in [-0.1, -0.05) is 17.7 Å². The van der Waals surface area contributed by atoms with Crippen molar-refractivity contribution >= 4 is 35.6 Å². The highest BCUT2D eigenvalue weighted by molar-refractivity contribution is 6.31. The number of nitrogens with one attached hydrogen (secondary N) is 2. The van der Waals surface area contributed by atoms with E-state index in [1.807, 2.05) is 32.2 Å². The van der Waals surface area contributed by atoms with E-state index >= 15 is 0 Å². The molecule has 0 spiro atoms. The van der Waals surface area contributed by atoms with Crippen molar-refractivity contribution in [1.29, 1.82) is 0 Å². The third kappa shape index (κ3) is 5.15. The minimum Gasteiger partial charge on any atom is -0.325 e. The van der Waals surface area contributed by atoms with E-state index in [0.29, 0.717) is 17.6 Å². The molecule has 0 bridgehead atoms. The molecular formula is C15H23Cl2N3O. The number of piperidine rings is 1. The molecule has 1 aliphatic rings. The zero-order valence-corrected chi connectivity index (χ0v) is 14.1. The second-order valence-corrected chi connectivity index (χ2v) is 5.73. The third-order valence-electron chi connectivity index (χ3n) is 3.82. The van der Waals surface area contributed by atoms with E-state index < -0.39 is 0 Å². The fourth-order valence-corrected chi connectivity index (χ4v) is 2.75. The number of carbonyl (C=O) groups excluding carboxylic acids is 1. The highest BCUT2D eigenvalue weighted by Crippen LogP contribution is 2.22. The molecule has 1 aromatic rings. The first-order valence-electron chi connectivity index (χ1n) is 7.04. The maximum absolute atomic E-state index is 12.1. The number of benzene rings is 1. The lowest BCUT2D eigenvalue weighted by Gasteiger charge is -2.31. The Morgan fingerprint density at radius 2 is 2.24 bits per heavy atom. The molecule has 21 heavy (non-hydrogen) atoms. The zero-order valence-electron chi connectivity index (χ0n) is 12.5. The molecule has 0 aromatic heterocycles. The summed E-state index contributed by atoms with van der Waals surface area (Å²) in [7, 11) is 1.98. The lowest BCUT2D eigenvalue weighted by atomic mass is 10.1. The number of anilines is 1. The van der Waals surface area contributed by atoms with Gasteiger partial charge in [-0.25, -0.2) is 0 Å². The Labute approximate surface area is 137 Å². The van der Waals surface area contributed by atoms with Crippen LogP contribution < -0.4 is 10.6 Å². The molecule has 1 amide bonds. The van der Waals surface area contributed by atoms with Crippen LogP contribution in [0.25, 0.3) is 0 Å². The number of rotatable bonds is 4. The van der Waals surface area contributed by atoms with Crippen molar-refractivity contribution in [2.24, 2.45) is 0 Å². The van der Waals surface area contributed by atoms with Crippen LogP contribution in [-0.4, -0.2) is 43.5 Å². The van der Waals surface area contributed by atoms with E-state index in [0.717, 1.165) is 30.8 Å². The molecule has 2 N–H and O–H groups in total. The van der Waals surface area contributed by atoms with Gasteiger partial charge in [0.1, 0.15) is 0 Å². The summed E-state index contributed by atoms with van der Waals surface area (Å²) in [6.07, 6.45) is 2.32. The first-order valence-corrected chi connectivity index (χ1v) is 7.42. The average molecular weight is 332 g/mol. The second kappa shape index (κ2) is 8.59. The largest absolute Gasteiger partial charge is 0.325 e. The highest BCUT2D eigenvalue weighted by atomic mass is 35.5. The smallest absolute Gasteiger partial charge is 0.238 e. The molecule has 1 heterocycles. The first-order chi connectivity index (χ1) is 9.60. The van der Waals surface area contributed by atoms with Gasteiger partial charge in [-0.2, -0.15) is 0 Å². The minimum atomic E-state index is 0. The lowest BCUT2D eigenvalue weighted by molar-refractivity contribution is -0.117. The van der Waals surface area contributed by atoms with Crippen molar-refractivity contribution in [1.82, 2.24) is 10.2 Å². The van der Waals surface area contributed by atoms with E-state index in [1.165, 1.54) is 6.42 Å². The number of likely N-dealkylation sites (N-methyl/N-ethyl adjacent to an activating group) is 1. The fraction of sp³-hybridized carbons (Fsp3) is 0.533. The van der Waals surface area contributed by atoms with E-state index in [2.05, 4.69) is 15.5 Å². The van der Waals surface area contributed by atoms with Crippen LogP contribution in [0.1, 0.15) is 18.4 Å². The minimum absolute atomic E-state index is 0. The first kappa shape index (κ1) is 18.2. The monoisotopic (exact) mass is 331 g/mol. The van der Waals surface area contributed by atoms with Crippen LogP contribution >= 0.6 is 24.0 Å². The van der Waals surface area contributed by atoms with Crippen molar-refractivity contribution in [2.45, 2.75) is 25.8 Å². The number of likely N-dealkylation sites (tertiary alicyclic amines) is 1. The van der Waals surface area contributed by atoms with Gasteiger partial charge in [-0.3, -0.25) is 9.69 Å². The van der Waals surface area contributed by atoms with E-state index in [4.69, 9.17) is 11.6 Å². The third-order valence-corrected chi connectivity index (χ3v) is 4.23. The zero-order chi connectivity index (χ0) is 14.5. The Kier molecular flexibility index (Phi) is 7.46. The van der Waals surface area contributed by atoms with Gasteiger partial charge in [0.05, 0.1) is 6.54 Å². The average Bonchev–Trinajstić information content (AvgIpc) is 2.44. The van der Waals surface area contributed by atoms with Crippen LogP contribution in [0.4, 0.5) is 5.69 Å². The topological polar surface area (TPSA) is 44.4 Å². The summed E-state index contributed by atoms with van der Waals surface area (Å²) in [4.78, 5) is 14.3. The quantitative estimate of drug-likeness (QED) is 0.891. The summed E-state index contributed by atoms with van der Waals surface area (Å²) in [5, 5.41) is 6.91. The van der Waals surface area contributed by atoms with Gasteiger partial charge in [-0.05, 0) is 51.1 Å². The maximum Gasteiger partial charge on any atom is 0.238 e. The molecule has 1 unspecified atom stereocenters. The summed E-state index contributed by atoms with van der Waals surface area (Å²) < 4.78 is 0. The molecule has 0 aliphatic carbocycles. The van der Waals surface area contributed by atoms with Gasteiger partial charge in [0.2, 0.25) is 5.91 Å². The van der Waals surface area contributed by atoms with Crippen molar-refractivity contribution in [3.05, 3.63) is 28.8 Å². The summed E-state index contributed by atoms with van der Waals surface area (Å²) in [5.41, 5.74) is 1.71. The van der Waals surface area contributed by atoms with Gasteiger partial charge < -0.3 is 10.6 Å². The van der Waals surface area contributed by atoms with Crippen molar-refractivity contribution < 1.29 is 4.79 Å². The van der Waals surface area contributed by atoms with Crippen LogP contribution in [0, 0.1) is 6.92 Å². The number of halogens is 2. The molecule has 118 valence electrons. The van der Waals surface area contributed by atoms with E-state index in [1.54, 1.807) is 0 Å². The number of hydrogen-bond acceptors (Lipinski definition) is 3. The number of nitrogens with zero attached hydrogens (tertiary/aromatic N) is 1. The van der Waals surface area contributed by atoms with Crippen molar-refractivity contribution in [3.63, 3.8) is 0 Å². The Morgan fingerprint density at radius 3 is 2.95 bits per heavy atom. The van der Waals surface area contributed by atoms with Crippen LogP contribution in [0.15, 0.2) is 18.2 Å². The predicted octanol–water partition coefficient (Wildman–Crippen LogP) is 2.69. The van der Waals surface area contributed by atoms with Crippen LogP contribution in [0.5, 0.6) is 0 Å². The molecule has 4 nitrogen and oxygen atoms in total. The normalized spacial score (nSPS) is 18.9. The molecule has 0 radical (unpaired) electrons. The van der Waals surface area contributed by atoms with Crippen LogP contribution in [0.3, 0.4) is 0 Å². The number of carbonyl (C=O) groups is 1. The molecule has 1 fully saturated rings. The van der Waals surface area contributed by atoms with E-state index in [-0.39, 0.29) is 18.3 Å². The Balaban J connectivity index is 0.00000220. The number of hydrogen-bond donors (Lipinski definition) is 2. The SMILES string of the molecule is CNC1CCCN(CC(=O)Nc2cccc(Cl)c2C)C1.Cl. The lowest BCUT2D eigenvalue weighted by Crippen LogP contribution is -2.46. The fourth-order valence-electron chi connectivity index (χ4n) is 2.57. The Bertz CT molecular complexity index is 482. The molecule has 6 heteroatoms.